The molecule has 0 aromatic heterocycles. The van der Waals surface area contributed by atoms with Crippen LogP contribution in [0.3, 0.4) is 0 Å². The highest BCUT2D eigenvalue weighted by atomic mass is 15.3. The Labute approximate surface area is 90.9 Å². The van der Waals surface area contributed by atoms with Crippen LogP contribution >= 0.6 is 0 Å². The summed E-state index contributed by atoms with van der Waals surface area (Å²) in [6.45, 7) is 6.31. The maximum Gasteiger partial charge on any atom is 0.0762 e. The lowest BCUT2D eigenvalue weighted by Crippen LogP contribution is -2.58. The Bertz CT molecular complexity index is 148. The molecule has 0 aromatic rings. The normalized spacial score (nSPS) is 35.2. The second-order valence-electron chi connectivity index (χ2n) is 4.03. The minimum Gasteiger partial charge on any atom is -0.304 e. The van der Waals surface area contributed by atoms with Crippen LogP contribution in [-0.4, -0.2) is 51.8 Å². The fourth-order valence-corrected chi connectivity index (χ4v) is 1.98. The van der Waals surface area contributed by atoms with Crippen LogP contribution in [0, 0.1) is 0 Å². The molecule has 3 rings (SSSR count). The van der Waals surface area contributed by atoms with E-state index in [1.165, 1.54) is 19.5 Å². The van der Waals surface area contributed by atoms with Gasteiger partial charge in [-0.2, -0.15) is 0 Å². The molecule has 0 amide bonds. The number of hydrogen-bond donors (Lipinski definition) is 6. The smallest absolute Gasteiger partial charge is 0.0762 e. The zero-order valence-electron chi connectivity index (χ0n) is 9.10. The predicted molar refractivity (Wildman–Crippen MR) is 60.2 cm³/mol. The van der Waals surface area contributed by atoms with Crippen LogP contribution in [0.5, 0.6) is 0 Å². The molecule has 15 heavy (non-hydrogen) atoms. The Hall–Kier alpha value is -0.240. The number of rotatable bonds is 0. The maximum atomic E-state index is 3.32. The van der Waals surface area contributed by atoms with Crippen molar-refractivity contribution in [1.29, 1.82) is 0 Å². The molecule has 0 aliphatic carbocycles. The van der Waals surface area contributed by atoms with Crippen molar-refractivity contribution in [3.8, 4) is 0 Å². The average Bonchev–Trinajstić information content (AvgIpc) is 2.80. The van der Waals surface area contributed by atoms with Crippen molar-refractivity contribution in [2.45, 2.75) is 18.6 Å². The van der Waals surface area contributed by atoms with Gasteiger partial charge < -0.3 is 16.0 Å². The van der Waals surface area contributed by atoms with Crippen LogP contribution in [0.15, 0.2) is 0 Å². The van der Waals surface area contributed by atoms with E-state index in [0.717, 1.165) is 26.6 Å². The molecule has 88 valence electrons. The van der Waals surface area contributed by atoms with Gasteiger partial charge in [-0.1, -0.05) is 0 Å². The Kier molecular flexibility index (Phi) is 4.78. The lowest BCUT2D eigenvalue weighted by Gasteiger charge is -2.26. The molecule has 0 bridgehead atoms. The first-order valence-electron chi connectivity index (χ1n) is 5.79. The van der Waals surface area contributed by atoms with Crippen LogP contribution < -0.4 is 31.9 Å². The van der Waals surface area contributed by atoms with Crippen molar-refractivity contribution in [2.24, 2.45) is 0 Å². The third-order valence-corrected chi connectivity index (χ3v) is 2.86. The molecule has 6 nitrogen and oxygen atoms in total. The molecule has 3 saturated heterocycles. The van der Waals surface area contributed by atoms with Gasteiger partial charge >= 0.3 is 0 Å². The van der Waals surface area contributed by atoms with Gasteiger partial charge in [-0.3, -0.25) is 16.0 Å². The third kappa shape index (κ3) is 3.67. The van der Waals surface area contributed by atoms with E-state index in [1.807, 2.05) is 0 Å². The van der Waals surface area contributed by atoms with E-state index in [0.29, 0.717) is 12.2 Å². The molecule has 0 saturated carbocycles. The molecule has 3 fully saturated rings. The molecule has 3 aliphatic rings. The van der Waals surface area contributed by atoms with Crippen LogP contribution in [0.1, 0.15) is 6.42 Å². The van der Waals surface area contributed by atoms with Gasteiger partial charge in [-0.25, -0.2) is 0 Å². The minimum atomic E-state index is 0.492. The second kappa shape index (κ2) is 6.37. The summed E-state index contributed by atoms with van der Waals surface area (Å²) in [5.41, 5.74) is 0. The standard InChI is InChI=1S/C5H12N4.C4H10N2/c1-4-5(8-2-6-1)9-3-7-4;1-2-5-4-6-3-1/h4-9H,1-3H2;5-6H,1-4H2. The predicted octanol–water partition coefficient (Wildman–Crippen LogP) is -2.49. The Morgan fingerprint density at radius 3 is 2.13 bits per heavy atom. The van der Waals surface area contributed by atoms with E-state index in [9.17, 15) is 0 Å². The highest BCUT2D eigenvalue weighted by Crippen LogP contribution is 1.97. The first-order chi connectivity index (χ1) is 7.47. The van der Waals surface area contributed by atoms with Gasteiger partial charge in [0.15, 0.2) is 0 Å². The van der Waals surface area contributed by atoms with Gasteiger partial charge in [-0.05, 0) is 19.5 Å². The van der Waals surface area contributed by atoms with E-state index < -0.39 is 0 Å². The van der Waals surface area contributed by atoms with Gasteiger partial charge in [0.1, 0.15) is 0 Å². The summed E-state index contributed by atoms with van der Waals surface area (Å²) < 4.78 is 0. The molecule has 6 N–H and O–H groups in total. The van der Waals surface area contributed by atoms with Crippen molar-refractivity contribution in [3.63, 3.8) is 0 Å². The number of hydrogen-bond acceptors (Lipinski definition) is 6. The lowest BCUT2D eigenvalue weighted by atomic mass is 10.2. The molecule has 2 atom stereocenters. The van der Waals surface area contributed by atoms with Crippen molar-refractivity contribution in [3.05, 3.63) is 0 Å². The number of nitrogens with one attached hydrogen (secondary N) is 6. The molecule has 3 heterocycles. The van der Waals surface area contributed by atoms with Crippen molar-refractivity contribution >= 4 is 0 Å². The monoisotopic (exact) mass is 214 g/mol. The summed E-state index contributed by atoms with van der Waals surface area (Å²) in [5, 5.41) is 19.5. The largest absolute Gasteiger partial charge is 0.304 e. The van der Waals surface area contributed by atoms with E-state index >= 15 is 0 Å². The molecular formula is C9H22N6. The highest BCUT2D eigenvalue weighted by molar-refractivity contribution is 4.89. The van der Waals surface area contributed by atoms with Crippen LogP contribution in [-0.2, 0) is 0 Å². The van der Waals surface area contributed by atoms with Gasteiger partial charge in [-0.15, -0.1) is 0 Å². The van der Waals surface area contributed by atoms with Crippen LogP contribution in [0.2, 0.25) is 0 Å². The quantitative estimate of drug-likeness (QED) is 0.268. The summed E-state index contributed by atoms with van der Waals surface area (Å²) in [4.78, 5) is 0. The van der Waals surface area contributed by atoms with Gasteiger partial charge in [0.05, 0.1) is 6.17 Å². The first kappa shape index (κ1) is 11.3. The van der Waals surface area contributed by atoms with Crippen LogP contribution in [0.25, 0.3) is 0 Å². The van der Waals surface area contributed by atoms with Crippen molar-refractivity contribution < 1.29 is 0 Å². The third-order valence-electron chi connectivity index (χ3n) is 2.86. The van der Waals surface area contributed by atoms with E-state index in [2.05, 4.69) is 31.9 Å². The summed E-state index contributed by atoms with van der Waals surface area (Å²) in [5.74, 6) is 0. The zero-order valence-corrected chi connectivity index (χ0v) is 9.10. The summed E-state index contributed by atoms with van der Waals surface area (Å²) in [6, 6.07) is 0.582. The van der Waals surface area contributed by atoms with E-state index in [4.69, 9.17) is 0 Å². The zero-order chi connectivity index (χ0) is 10.3. The molecule has 0 aromatic carbocycles. The number of fused-ring (bicyclic) bond motifs is 1. The Balaban J connectivity index is 0.000000124. The molecule has 3 aliphatic heterocycles. The fraction of sp³-hybridized carbons (Fsp3) is 1.00. The first-order valence-corrected chi connectivity index (χ1v) is 5.79. The SMILES string of the molecule is C1CNCNC1.C1NCC2NCNC2N1. The summed E-state index contributed by atoms with van der Waals surface area (Å²) in [7, 11) is 0. The molecule has 0 radical (unpaired) electrons. The summed E-state index contributed by atoms with van der Waals surface area (Å²) in [6.07, 6.45) is 1.77. The summed E-state index contributed by atoms with van der Waals surface area (Å²) >= 11 is 0. The maximum absolute atomic E-state index is 3.32. The molecular weight excluding hydrogens is 192 g/mol. The fourth-order valence-electron chi connectivity index (χ4n) is 1.98. The van der Waals surface area contributed by atoms with Gasteiger partial charge in [0.2, 0.25) is 0 Å². The topological polar surface area (TPSA) is 72.2 Å². The van der Waals surface area contributed by atoms with Gasteiger partial charge in [0.25, 0.3) is 0 Å². The van der Waals surface area contributed by atoms with Gasteiger partial charge in [0, 0.05) is 32.6 Å². The Morgan fingerprint density at radius 1 is 0.733 bits per heavy atom. The molecule has 6 heteroatoms. The molecule has 2 unspecified atom stereocenters. The van der Waals surface area contributed by atoms with Crippen LogP contribution in [0.4, 0.5) is 0 Å². The highest BCUT2D eigenvalue weighted by Gasteiger charge is 2.27. The second-order valence-corrected chi connectivity index (χ2v) is 4.03. The van der Waals surface area contributed by atoms with Crippen molar-refractivity contribution in [1.82, 2.24) is 31.9 Å². The lowest BCUT2D eigenvalue weighted by molar-refractivity contribution is 0.340. The Morgan fingerprint density at radius 2 is 1.53 bits per heavy atom. The molecule has 0 spiro atoms. The average molecular weight is 214 g/mol. The van der Waals surface area contributed by atoms with E-state index in [1.54, 1.807) is 0 Å². The van der Waals surface area contributed by atoms with E-state index in [-0.39, 0.29) is 0 Å². The van der Waals surface area contributed by atoms with Crippen molar-refractivity contribution in [2.75, 3.05) is 39.6 Å². The minimum absolute atomic E-state index is 0.492.